The molecule has 0 radical (unpaired) electrons. The molecule has 8 rings (SSSR count). The van der Waals surface area contributed by atoms with E-state index in [1.807, 2.05) is 44.0 Å². The first-order valence-corrected chi connectivity index (χ1v) is 23.7. The average molecular weight is 863 g/mol. The monoisotopic (exact) mass is 862 g/mol. The number of nitrogens with two attached hydrogens (primary N) is 1. The van der Waals surface area contributed by atoms with Crippen molar-refractivity contribution in [2.75, 3.05) is 32.5 Å². The summed E-state index contributed by atoms with van der Waals surface area (Å²) in [7, 11) is -0.461. The smallest absolute Gasteiger partial charge is 0.333 e. The summed E-state index contributed by atoms with van der Waals surface area (Å²) in [5.41, 5.74) is 12.7. The maximum Gasteiger partial charge on any atom is 0.333 e. The first kappa shape index (κ1) is 44.7. The van der Waals surface area contributed by atoms with E-state index in [2.05, 4.69) is 32.4 Å². The number of aromatic nitrogens is 4. The van der Waals surface area contributed by atoms with Gasteiger partial charge in [0.25, 0.3) is 26.3 Å². The number of benzene rings is 2. The Labute approximate surface area is 354 Å². The van der Waals surface area contributed by atoms with Crippen molar-refractivity contribution in [1.29, 1.82) is 5.26 Å². The lowest BCUT2D eigenvalue weighted by molar-refractivity contribution is 0.256. The molecule has 2 heterocycles. The predicted octanol–water partition coefficient (Wildman–Crippen LogP) is 4.40. The van der Waals surface area contributed by atoms with E-state index in [-0.39, 0.29) is 10.1 Å². The maximum absolute atomic E-state index is 12.8. The normalized spacial score (nSPS) is 15.0. The van der Waals surface area contributed by atoms with Crippen LogP contribution in [0.2, 0.25) is 0 Å². The van der Waals surface area contributed by atoms with Gasteiger partial charge in [-0.15, -0.1) is 5.26 Å². The van der Waals surface area contributed by atoms with E-state index >= 15 is 0 Å². The second-order valence-corrected chi connectivity index (χ2v) is 19.2. The van der Waals surface area contributed by atoms with Gasteiger partial charge < -0.3 is 19.9 Å². The van der Waals surface area contributed by atoms with Crippen LogP contribution >= 0.6 is 0 Å². The Morgan fingerprint density at radius 2 is 1.15 bits per heavy atom. The van der Waals surface area contributed by atoms with Crippen LogP contribution in [0.4, 0.5) is 10.5 Å². The molecule has 0 saturated carbocycles. The van der Waals surface area contributed by atoms with E-state index in [0.717, 1.165) is 111 Å². The van der Waals surface area contributed by atoms with Crippen molar-refractivity contribution in [3.05, 3.63) is 80.2 Å². The number of nitrogens with zero attached hydrogens (tertiary/aromatic N) is 7. The number of nitriles is 1. The lowest BCUT2D eigenvalue weighted by Gasteiger charge is -2.16. The van der Waals surface area contributed by atoms with Gasteiger partial charge in [0.2, 0.25) is 0 Å². The van der Waals surface area contributed by atoms with Crippen LogP contribution in [-0.4, -0.2) is 79.4 Å². The quantitative estimate of drug-likeness (QED) is 0.180. The zero-order valence-electron chi connectivity index (χ0n) is 35.6. The molecule has 2 amide bonds. The van der Waals surface area contributed by atoms with E-state index in [4.69, 9.17) is 15.1 Å². The third-order valence-corrected chi connectivity index (χ3v) is 13.9. The second kappa shape index (κ2) is 18.9. The van der Waals surface area contributed by atoms with E-state index in [9.17, 15) is 21.6 Å². The SMILES string of the molecule is CCN(C)Cc1cc(S(=O)(=O)NC(=O)Nc2c3c(cc4c2CCC4)CCC3)nn1C.CCN(C)Cc1cc(S(N)(=O)=O)nn1C.N#COc1c2c(cc3c1CCC3)CCC2. The van der Waals surface area contributed by atoms with Crippen molar-refractivity contribution in [2.24, 2.45) is 19.2 Å². The summed E-state index contributed by atoms with van der Waals surface area (Å²) in [6, 6.07) is 6.89. The molecule has 0 unspecified atom stereocenters. The van der Waals surface area contributed by atoms with Gasteiger partial charge in [0.1, 0.15) is 5.75 Å². The molecule has 2 aromatic heterocycles. The van der Waals surface area contributed by atoms with Crippen molar-refractivity contribution in [2.45, 2.75) is 114 Å². The van der Waals surface area contributed by atoms with Crippen LogP contribution in [0.15, 0.2) is 34.3 Å². The number of amides is 2. The third-order valence-electron chi connectivity index (χ3n) is 11.9. The number of primary sulfonamides is 1. The highest BCUT2D eigenvalue weighted by molar-refractivity contribution is 7.90. The van der Waals surface area contributed by atoms with Crippen LogP contribution < -0.4 is 19.9 Å². The summed E-state index contributed by atoms with van der Waals surface area (Å²) < 4.78 is 58.0. The Morgan fingerprint density at radius 1 is 0.733 bits per heavy atom. The summed E-state index contributed by atoms with van der Waals surface area (Å²) in [6.45, 7) is 6.99. The van der Waals surface area contributed by atoms with Gasteiger partial charge in [-0.3, -0.25) is 9.36 Å². The summed E-state index contributed by atoms with van der Waals surface area (Å²) in [4.78, 5) is 16.8. The second-order valence-electron chi connectivity index (χ2n) is 16.1. The summed E-state index contributed by atoms with van der Waals surface area (Å²) in [5, 5.41) is 24.3. The Hall–Kier alpha value is -4.80. The van der Waals surface area contributed by atoms with Gasteiger partial charge in [-0.25, -0.2) is 23.1 Å². The van der Waals surface area contributed by atoms with E-state index < -0.39 is 26.1 Å². The van der Waals surface area contributed by atoms with Gasteiger partial charge in [0.15, 0.2) is 10.1 Å². The molecule has 18 heteroatoms. The number of sulfonamides is 2. The summed E-state index contributed by atoms with van der Waals surface area (Å²) in [5.74, 6) is 0.903. The number of fused-ring (bicyclic) bond motifs is 4. The molecule has 4 aliphatic rings. The highest BCUT2D eigenvalue weighted by Crippen LogP contribution is 2.40. The van der Waals surface area contributed by atoms with Crippen molar-refractivity contribution < 1.29 is 26.4 Å². The number of hydrogen-bond donors (Lipinski definition) is 3. The molecule has 4 aromatic rings. The predicted molar refractivity (Wildman–Crippen MR) is 228 cm³/mol. The lowest BCUT2D eigenvalue weighted by atomic mass is 9.99. The number of carbonyl (C=O) groups is 1. The van der Waals surface area contributed by atoms with Crippen LogP contribution in [0.5, 0.6) is 5.75 Å². The molecule has 0 aliphatic heterocycles. The molecule has 4 N–H and O–H groups in total. The molecule has 60 heavy (non-hydrogen) atoms. The van der Waals surface area contributed by atoms with Gasteiger partial charge in [0, 0.05) is 45.0 Å². The number of carbonyl (C=O) groups excluding carboxylic acids is 1. The molecule has 0 saturated heterocycles. The van der Waals surface area contributed by atoms with Gasteiger partial charge in [-0.2, -0.15) is 18.6 Å². The lowest BCUT2D eigenvalue weighted by Crippen LogP contribution is -2.35. The average Bonchev–Trinajstić information content (AvgIpc) is 4.05. The van der Waals surface area contributed by atoms with E-state index in [1.165, 1.54) is 67.7 Å². The third kappa shape index (κ3) is 10.2. The molecular formula is C42H58N10O6S2. The van der Waals surface area contributed by atoms with Crippen LogP contribution in [0, 0.1) is 11.5 Å². The number of urea groups is 1. The first-order chi connectivity index (χ1) is 28.5. The van der Waals surface area contributed by atoms with E-state index in [1.54, 1.807) is 14.1 Å². The molecule has 0 bridgehead atoms. The minimum Gasteiger partial charge on any atom is -0.387 e. The molecule has 0 atom stereocenters. The van der Waals surface area contributed by atoms with Gasteiger partial charge >= 0.3 is 6.03 Å². The molecule has 2 aromatic carbocycles. The standard InChI is InChI=1S/C21H29N5O3S.C13H13NO.C8H16N4O2S/c1-4-25(2)13-16-12-19(23-26(16)3)30(28,29)24-21(27)22-20-17-9-5-7-14(17)11-15-8-6-10-18(15)20;14-8-15-13-11-5-1-3-9(11)7-10-4-2-6-12(10)13;1-4-11(2)6-7-5-8(10-12(7)3)15(9,13)14/h11-12H,4-10,13H2,1-3H3,(H2,22,24,27);7H,1-6H2;5H,4,6H2,1-3H3,(H2,9,13,14). The number of aryl methyl sites for hydroxylation is 6. The fourth-order valence-electron chi connectivity index (χ4n) is 8.51. The van der Waals surface area contributed by atoms with Crippen LogP contribution in [-0.2, 0) is 98.6 Å². The highest BCUT2D eigenvalue weighted by atomic mass is 32.2. The topological polar surface area (TPSA) is 211 Å². The van der Waals surface area contributed by atoms with Gasteiger partial charge in [-0.1, -0.05) is 26.0 Å². The minimum atomic E-state index is -4.06. The largest absolute Gasteiger partial charge is 0.387 e. The molecule has 0 fully saturated rings. The highest BCUT2D eigenvalue weighted by Gasteiger charge is 2.28. The van der Waals surface area contributed by atoms with Crippen molar-refractivity contribution in [1.82, 2.24) is 34.1 Å². The zero-order chi connectivity index (χ0) is 43.4. The number of rotatable bonds is 11. The van der Waals surface area contributed by atoms with Gasteiger partial charge in [0.05, 0.1) is 11.4 Å². The molecule has 324 valence electrons. The molecule has 0 spiro atoms. The molecular weight excluding hydrogens is 805 g/mol. The van der Waals surface area contributed by atoms with Crippen molar-refractivity contribution in [3.63, 3.8) is 0 Å². The van der Waals surface area contributed by atoms with Crippen molar-refractivity contribution in [3.8, 4) is 12.0 Å². The zero-order valence-corrected chi connectivity index (χ0v) is 37.2. The van der Waals surface area contributed by atoms with Crippen molar-refractivity contribution >= 4 is 31.8 Å². The Balaban J connectivity index is 0.000000168. The number of hydrogen-bond acceptors (Lipinski definition) is 11. The van der Waals surface area contributed by atoms with Crippen LogP contribution in [0.3, 0.4) is 0 Å². The maximum atomic E-state index is 12.8. The summed E-state index contributed by atoms with van der Waals surface area (Å²) >= 11 is 0. The Bertz CT molecular complexity index is 2440. The fourth-order valence-corrected chi connectivity index (χ4v) is 9.97. The summed E-state index contributed by atoms with van der Waals surface area (Å²) in [6.07, 6.45) is 14.7. The number of ether oxygens (including phenoxy) is 1. The van der Waals surface area contributed by atoms with Crippen LogP contribution in [0.1, 0.15) is 95.4 Å². The number of anilines is 1. The number of nitrogens with one attached hydrogen (secondary N) is 2. The first-order valence-electron chi connectivity index (χ1n) is 20.7. The van der Waals surface area contributed by atoms with Crippen LogP contribution in [0.25, 0.3) is 0 Å². The van der Waals surface area contributed by atoms with E-state index in [0.29, 0.717) is 13.1 Å². The Kier molecular flexibility index (Phi) is 14.1. The molecule has 16 nitrogen and oxygen atoms in total. The minimum absolute atomic E-state index is 0.0792. The molecule has 4 aliphatic carbocycles. The van der Waals surface area contributed by atoms with Gasteiger partial charge in [-0.05, 0) is 149 Å². The Morgan fingerprint density at radius 3 is 1.57 bits per heavy atom. The fraction of sp³-hybridized carbons (Fsp3) is 0.524.